The van der Waals surface area contributed by atoms with Crippen molar-refractivity contribution in [3.05, 3.63) is 29.6 Å². The second-order valence-corrected chi connectivity index (χ2v) is 6.59. The maximum atomic E-state index is 14.5. The highest BCUT2D eigenvalue weighted by molar-refractivity contribution is 5.96. The first-order valence-electron chi connectivity index (χ1n) is 9.26. The van der Waals surface area contributed by atoms with Gasteiger partial charge in [-0.2, -0.15) is 0 Å². The van der Waals surface area contributed by atoms with Gasteiger partial charge in [-0.3, -0.25) is 4.79 Å². The summed E-state index contributed by atoms with van der Waals surface area (Å²) in [6.07, 6.45) is 1.91. The van der Waals surface area contributed by atoms with Crippen LogP contribution in [0.4, 0.5) is 10.1 Å². The number of rotatable bonds is 8. The van der Waals surface area contributed by atoms with Crippen molar-refractivity contribution < 1.29 is 19.1 Å². The van der Waals surface area contributed by atoms with Gasteiger partial charge in [0.05, 0.1) is 5.69 Å². The summed E-state index contributed by atoms with van der Waals surface area (Å²) in [5.74, 6) is -2.09. The van der Waals surface area contributed by atoms with E-state index < -0.39 is 23.7 Å². The van der Waals surface area contributed by atoms with Gasteiger partial charge in [0.1, 0.15) is 11.9 Å². The maximum Gasteiger partial charge on any atom is 0.326 e. The fraction of sp³-hybridized carbons (Fsp3) is 0.579. The van der Waals surface area contributed by atoms with E-state index in [0.29, 0.717) is 18.5 Å². The van der Waals surface area contributed by atoms with Crippen molar-refractivity contribution >= 4 is 17.6 Å². The predicted molar refractivity (Wildman–Crippen MR) is 99.1 cm³/mol. The third kappa shape index (κ3) is 5.17. The summed E-state index contributed by atoms with van der Waals surface area (Å²) in [7, 11) is 0. The number of unbranched alkanes of at least 4 members (excludes halogenated alkanes) is 1. The van der Waals surface area contributed by atoms with Gasteiger partial charge in [0.25, 0.3) is 5.91 Å². The first-order valence-corrected chi connectivity index (χ1v) is 9.26. The van der Waals surface area contributed by atoms with Gasteiger partial charge in [0, 0.05) is 31.7 Å². The van der Waals surface area contributed by atoms with Crippen LogP contribution in [-0.2, 0) is 4.79 Å². The van der Waals surface area contributed by atoms with E-state index in [1.165, 1.54) is 6.07 Å². The SMILES string of the molecule is CCCCC(NC(=O)c1ccc(N2CCN(CC)CC2)c(F)c1)C(=O)O. The monoisotopic (exact) mass is 365 g/mol. The Kier molecular flexibility index (Phi) is 7.38. The molecule has 0 aromatic heterocycles. The molecular formula is C19H28FN3O3. The van der Waals surface area contributed by atoms with Crippen LogP contribution in [0.15, 0.2) is 18.2 Å². The fourth-order valence-corrected chi connectivity index (χ4v) is 3.12. The quantitative estimate of drug-likeness (QED) is 0.740. The van der Waals surface area contributed by atoms with Gasteiger partial charge in [0.15, 0.2) is 0 Å². The number of piperazine rings is 1. The number of aliphatic carboxylic acids is 1. The molecule has 2 rings (SSSR count). The molecule has 7 heteroatoms. The molecule has 1 atom stereocenters. The highest BCUT2D eigenvalue weighted by atomic mass is 19.1. The number of likely N-dealkylation sites (N-methyl/N-ethyl adjacent to an activating group) is 1. The lowest BCUT2D eigenvalue weighted by Gasteiger charge is -2.35. The third-order valence-electron chi connectivity index (χ3n) is 4.82. The van der Waals surface area contributed by atoms with Crippen molar-refractivity contribution in [2.75, 3.05) is 37.6 Å². The Labute approximate surface area is 154 Å². The van der Waals surface area contributed by atoms with Gasteiger partial charge in [-0.25, -0.2) is 9.18 Å². The summed E-state index contributed by atoms with van der Waals surface area (Å²) in [4.78, 5) is 27.8. The van der Waals surface area contributed by atoms with Crippen LogP contribution < -0.4 is 10.2 Å². The van der Waals surface area contributed by atoms with Crippen LogP contribution >= 0.6 is 0 Å². The number of nitrogens with zero attached hydrogens (tertiary/aromatic N) is 2. The van der Waals surface area contributed by atoms with Gasteiger partial charge in [-0.15, -0.1) is 0 Å². The molecule has 144 valence electrons. The second-order valence-electron chi connectivity index (χ2n) is 6.59. The van der Waals surface area contributed by atoms with Crippen molar-refractivity contribution in [2.24, 2.45) is 0 Å². The van der Waals surface area contributed by atoms with E-state index in [2.05, 4.69) is 17.1 Å². The Balaban J connectivity index is 2.03. The third-order valence-corrected chi connectivity index (χ3v) is 4.82. The highest BCUT2D eigenvalue weighted by Crippen LogP contribution is 2.22. The molecule has 1 aliphatic heterocycles. The molecule has 2 N–H and O–H groups in total. The Hall–Kier alpha value is -2.15. The van der Waals surface area contributed by atoms with E-state index in [1.807, 2.05) is 11.8 Å². The van der Waals surface area contributed by atoms with Crippen molar-refractivity contribution in [2.45, 2.75) is 39.2 Å². The highest BCUT2D eigenvalue weighted by Gasteiger charge is 2.22. The zero-order valence-electron chi connectivity index (χ0n) is 15.5. The van der Waals surface area contributed by atoms with E-state index in [-0.39, 0.29) is 5.56 Å². The standard InChI is InChI=1S/C19H28FN3O3/c1-3-5-6-16(19(25)26)21-18(24)14-7-8-17(15(20)13-14)23-11-9-22(4-2)10-12-23/h7-8,13,16H,3-6,9-12H2,1-2H3,(H,21,24)(H,25,26). The molecule has 1 amide bonds. The summed E-state index contributed by atoms with van der Waals surface area (Å²) < 4.78 is 14.5. The predicted octanol–water partition coefficient (Wildman–Crippen LogP) is 2.34. The van der Waals surface area contributed by atoms with E-state index in [1.54, 1.807) is 12.1 Å². The fourth-order valence-electron chi connectivity index (χ4n) is 3.12. The first kappa shape index (κ1) is 20.2. The topological polar surface area (TPSA) is 72.9 Å². The largest absolute Gasteiger partial charge is 0.480 e. The summed E-state index contributed by atoms with van der Waals surface area (Å²) in [6.45, 7) is 8.30. The molecule has 1 fully saturated rings. The lowest BCUT2D eigenvalue weighted by atomic mass is 10.1. The van der Waals surface area contributed by atoms with Crippen LogP contribution in [0.3, 0.4) is 0 Å². The smallest absolute Gasteiger partial charge is 0.326 e. The second kappa shape index (κ2) is 9.52. The minimum Gasteiger partial charge on any atom is -0.480 e. The van der Waals surface area contributed by atoms with Gasteiger partial charge in [0.2, 0.25) is 0 Å². The van der Waals surface area contributed by atoms with E-state index in [0.717, 1.165) is 39.1 Å². The lowest BCUT2D eigenvalue weighted by Crippen LogP contribution is -2.46. The Morgan fingerprint density at radius 3 is 2.46 bits per heavy atom. The molecule has 1 aromatic rings. The van der Waals surface area contributed by atoms with Crippen LogP contribution in [0.1, 0.15) is 43.5 Å². The van der Waals surface area contributed by atoms with E-state index in [9.17, 15) is 19.1 Å². The number of carboxylic acids is 1. The minimum atomic E-state index is -1.07. The molecule has 1 aliphatic rings. The minimum absolute atomic E-state index is 0.140. The van der Waals surface area contributed by atoms with Gasteiger partial charge < -0.3 is 20.2 Å². The van der Waals surface area contributed by atoms with Crippen molar-refractivity contribution in [3.8, 4) is 0 Å². The lowest BCUT2D eigenvalue weighted by molar-refractivity contribution is -0.139. The number of hydrogen-bond acceptors (Lipinski definition) is 4. The number of anilines is 1. The van der Waals surface area contributed by atoms with Gasteiger partial charge in [-0.1, -0.05) is 26.7 Å². The number of hydrogen-bond donors (Lipinski definition) is 2. The molecule has 1 unspecified atom stereocenters. The molecular weight excluding hydrogens is 337 g/mol. The maximum absolute atomic E-state index is 14.5. The molecule has 0 bridgehead atoms. The van der Waals surface area contributed by atoms with Crippen LogP contribution in [0.25, 0.3) is 0 Å². The number of carbonyl (C=O) groups excluding carboxylic acids is 1. The molecule has 0 radical (unpaired) electrons. The molecule has 6 nitrogen and oxygen atoms in total. The average Bonchev–Trinajstić information content (AvgIpc) is 2.64. The van der Waals surface area contributed by atoms with Crippen LogP contribution in [0.2, 0.25) is 0 Å². The van der Waals surface area contributed by atoms with Crippen molar-refractivity contribution in [1.29, 1.82) is 0 Å². The molecule has 0 spiro atoms. The summed E-state index contributed by atoms with van der Waals surface area (Å²) in [5, 5.41) is 11.7. The van der Waals surface area contributed by atoms with Gasteiger partial charge in [-0.05, 0) is 31.2 Å². The first-order chi connectivity index (χ1) is 12.5. The molecule has 26 heavy (non-hydrogen) atoms. The molecule has 1 heterocycles. The van der Waals surface area contributed by atoms with Crippen LogP contribution in [0.5, 0.6) is 0 Å². The number of benzene rings is 1. The zero-order chi connectivity index (χ0) is 19.1. The average molecular weight is 365 g/mol. The van der Waals surface area contributed by atoms with Crippen LogP contribution in [0, 0.1) is 5.82 Å². The molecule has 0 aliphatic carbocycles. The normalized spacial score (nSPS) is 16.3. The summed E-state index contributed by atoms with van der Waals surface area (Å²) >= 11 is 0. The van der Waals surface area contributed by atoms with E-state index >= 15 is 0 Å². The number of carbonyl (C=O) groups is 2. The number of nitrogens with one attached hydrogen (secondary N) is 1. The zero-order valence-corrected chi connectivity index (χ0v) is 15.5. The summed E-state index contributed by atoms with van der Waals surface area (Å²) in [6, 6.07) is 3.40. The number of amides is 1. The molecule has 0 saturated carbocycles. The Morgan fingerprint density at radius 2 is 1.92 bits per heavy atom. The van der Waals surface area contributed by atoms with Crippen molar-refractivity contribution in [3.63, 3.8) is 0 Å². The number of carboxylic acid groups (broad SMARTS) is 1. The van der Waals surface area contributed by atoms with Crippen LogP contribution in [-0.4, -0.2) is 60.6 Å². The number of halogens is 1. The molecule has 1 aromatic carbocycles. The Morgan fingerprint density at radius 1 is 1.23 bits per heavy atom. The summed E-state index contributed by atoms with van der Waals surface area (Å²) in [5.41, 5.74) is 0.624. The Bertz CT molecular complexity index is 630. The van der Waals surface area contributed by atoms with Gasteiger partial charge >= 0.3 is 5.97 Å². The molecule has 1 saturated heterocycles. The van der Waals surface area contributed by atoms with E-state index in [4.69, 9.17) is 0 Å². The van der Waals surface area contributed by atoms with Crippen molar-refractivity contribution in [1.82, 2.24) is 10.2 Å².